The van der Waals surface area contributed by atoms with Gasteiger partial charge < -0.3 is 15.1 Å². The monoisotopic (exact) mass is 408 g/mol. The molecule has 2 heterocycles. The van der Waals surface area contributed by atoms with E-state index in [1.807, 2.05) is 31.1 Å². The molecule has 1 atom stereocenters. The van der Waals surface area contributed by atoms with Crippen LogP contribution >= 0.6 is 23.4 Å². The molecule has 0 unspecified atom stereocenters. The number of likely N-dealkylation sites (N-methyl/N-ethyl adjacent to an activating group) is 1. The molecule has 1 aromatic rings. The highest BCUT2D eigenvalue weighted by molar-refractivity contribution is 8.18. The lowest BCUT2D eigenvalue weighted by molar-refractivity contribution is -0.122. The third kappa shape index (κ3) is 4.82. The summed E-state index contributed by atoms with van der Waals surface area (Å²) in [6.45, 7) is 1.72. The van der Waals surface area contributed by atoms with Crippen molar-refractivity contribution in [2.75, 3.05) is 38.6 Å². The number of anilines is 1. The van der Waals surface area contributed by atoms with Gasteiger partial charge in [0.15, 0.2) is 0 Å². The number of imide groups is 1. The summed E-state index contributed by atoms with van der Waals surface area (Å²) in [6.07, 6.45) is 2.50. The van der Waals surface area contributed by atoms with Crippen molar-refractivity contribution in [2.24, 2.45) is 0 Å². The van der Waals surface area contributed by atoms with Gasteiger partial charge in [0, 0.05) is 24.7 Å². The van der Waals surface area contributed by atoms with E-state index >= 15 is 0 Å². The average molecular weight is 409 g/mol. The van der Waals surface area contributed by atoms with Crippen LogP contribution in [0.25, 0.3) is 6.08 Å². The number of rotatable bonds is 5. The Labute approximate surface area is 167 Å². The van der Waals surface area contributed by atoms with E-state index in [1.165, 1.54) is 0 Å². The quantitative estimate of drug-likeness (QED) is 0.724. The number of benzene rings is 1. The van der Waals surface area contributed by atoms with Crippen LogP contribution < -0.4 is 15.5 Å². The molecule has 0 saturated carbocycles. The first kappa shape index (κ1) is 19.7. The molecule has 0 aromatic heterocycles. The van der Waals surface area contributed by atoms with Crippen LogP contribution in [0.5, 0.6) is 0 Å². The Morgan fingerprint density at radius 1 is 1.44 bits per heavy atom. The number of carbonyl (C=O) groups is 3. The summed E-state index contributed by atoms with van der Waals surface area (Å²) in [5, 5.41) is 5.49. The van der Waals surface area contributed by atoms with E-state index in [9.17, 15) is 14.4 Å². The first-order valence-corrected chi connectivity index (χ1v) is 9.75. The van der Waals surface area contributed by atoms with Crippen molar-refractivity contribution < 1.29 is 14.4 Å². The van der Waals surface area contributed by atoms with Gasteiger partial charge in [0.2, 0.25) is 5.91 Å². The Kier molecular flexibility index (Phi) is 6.08. The Balaban J connectivity index is 1.77. The van der Waals surface area contributed by atoms with Crippen molar-refractivity contribution >= 4 is 52.2 Å². The van der Waals surface area contributed by atoms with Crippen LogP contribution in [-0.4, -0.2) is 61.7 Å². The molecule has 2 fully saturated rings. The molecule has 0 aliphatic carbocycles. The molecule has 2 aliphatic rings. The summed E-state index contributed by atoms with van der Waals surface area (Å²) in [7, 11) is 3.71. The van der Waals surface area contributed by atoms with Gasteiger partial charge >= 0.3 is 0 Å². The van der Waals surface area contributed by atoms with Crippen molar-refractivity contribution in [3.05, 3.63) is 33.7 Å². The van der Waals surface area contributed by atoms with Crippen molar-refractivity contribution in [1.29, 1.82) is 0 Å². The zero-order chi connectivity index (χ0) is 19.6. The summed E-state index contributed by atoms with van der Waals surface area (Å²) >= 11 is 7.32. The van der Waals surface area contributed by atoms with E-state index in [2.05, 4.69) is 15.5 Å². The zero-order valence-electron chi connectivity index (χ0n) is 15.1. The van der Waals surface area contributed by atoms with E-state index < -0.39 is 5.91 Å². The minimum Gasteiger partial charge on any atom is -0.368 e. The number of para-hydroxylation sites is 1. The maximum atomic E-state index is 12.0. The molecular weight excluding hydrogens is 388 g/mol. The number of nitrogens with one attached hydrogen (secondary N) is 2. The van der Waals surface area contributed by atoms with Crippen LogP contribution in [0.2, 0.25) is 5.02 Å². The normalized spacial score (nSPS) is 21.3. The number of nitrogens with zero attached hydrogens (tertiary/aromatic N) is 2. The largest absolute Gasteiger partial charge is 0.368 e. The second-order valence-corrected chi connectivity index (χ2v) is 8.19. The van der Waals surface area contributed by atoms with Crippen molar-refractivity contribution in [1.82, 2.24) is 15.5 Å². The molecule has 0 radical (unpaired) electrons. The van der Waals surface area contributed by atoms with Gasteiger partial charge in [0.05, 0.1) is 22.2 Å². The summed E-state index contributed by atoms with van der Waals surface area (Å²) in [4.78, 5) is 39.5. The molecule has 27 heavy (non-hydrogen) atoms. The number of hydrogen-bond donors (Lipinski definition) is 2. The molecule has 144 valence electrons. The Hall–Kier alpha value is -2.03. The molecular formula is C18H21ClN4O3S. The second kappa shape index (κ2) is 8.33. The first-order valence-electron chi connectivity index (χ1n) is 8.56. The van der Waals surface area contributed by atoms with Gasteiger partial charge in [-0.1, -0.05) is 23.7 Å². The SMILES string of the molecule is CN(C)CC(=O)N[C@H]1CCN(c2c(Cl)cccc2/C=C2\SC(=O)NC2=O)C1. The lowest BCUT2D eigenvalue weighted by Crippen LogP contribution is -2.41. The van der Waals surface area contributed by atoms with Gasteiger partial charge in [-0.05, 0) is 44.4 Å². The average Bonchev–Trinajstić information content (AvgIpc) is 3.13. The lowest BCUT2D eigenvalue weighted by atomic mass is 10.1. The van der Waals surface area contributed by atoms with Crippen LogP contribution in [-0.2, 0) is 9.59 Å². The van der Waals surface area contributed by atoms with Crippen LogP contribution in [0.4, 0.5) is 10.5 Å². The molecule has 2 N–H and O–H groups in total. The smallest absolute Gasteiger partial charge is 0.290 e. The molecule has 3 rings (SSSR count). The van der Waals surface area contributed by atoms with Gasteiger partial charge in [-0.25, -0.2) is 0 Å². The minimum absolute atomic E-state index is 0.00844. The zero-order valence-corrected chi connectivity index (χ0v) is 16.7. The standard InChI is InChI=1S/C18H21ClN4O3S/c1-22(2)10-15(24)20-12-6-7-23(9-12)16-11(4-3-5-13(16)19)8-14-17(25)21-18(26)27-14/h3-5,8,12H,6-7,9-10H2,1-2H3,(H,20,24)(H,21,25,26)/b14-8-/t12-/m0/s1. The summed E-state index contributed by atoms with van der Waals surface area (Å²) in [6, 6.07) is 5.51. The minimum atomic E-state index is -0.397. The summed E-state index contributed by atoms with van der Waals surface area (Å²) in [5.74, 6) is -0.405. The fourth-order valence-corrected chi connectivity index (χ4v) is 4.16. The molecule has 0 spiro atoms. The number of halogens is 1. The highest BCUT2D eigenvalue weighted by Gasteiger charge is 2.29. The molecule has 2 saturated heterocycles. The van der Waals surface area contributed by atoms with Crippen LogP contribution in [0.15, 0.2) is 23.1 Å². The molecule has 3 amide bonds. The molecule has 0 bridgehead atoms. The number of thioether (sulfide) groups is 1. The summed E-state index contributed by atoms with van der Waals surface area (Å²) < 4.78 is 0. The van der Waals surface area contributed by atoms with E-state index in [0.717, 1.165) is 36.0 Å². The van der Waals surface area contributed by atoms with E-state index in [-0.39, 0.29) is 17.2 Å². The topological polar surface area (TPSA) is 81.8 Å². The number of amides is 3. The van der Waals surface area contributed by atoms with E-state index in [4.69, 9.17) is 11.6 Å². The van der Waals surface area contributed by atoms with Gasteiger partial charge in [-0.2, -0.15) is 0 Å². The molecule has 9 heteroatoms. The maximum absolute atomic E-state index is 12.0. The predicted molar refractivity (Wildman–Crippen MR) is 108 cm³/mol. The van der Waals surface area contributed by atoms with Gasteiger partial charge in [-0.3, -0.25) is 19.7 Å². The highest BCUT2D eigenvalue weighted by atomic mass is 35.5. The Bertz CT molecular complexity index is 812. The fraction of sp³-hybridized carbons (Fsp3) is 0.389. The van der Waals surface area contributed by atoms with Gasteiger partial charge in [0.1, 0.15) is 0 Å². The summed E-state index contributed by atoms with van der Waals surface area (Å²) in [5.41, 5.74) is 1.58. The molecule has 1 aromatic carbocycles. The fourth-order valence-electron chi connectivity index (χ4n) is 3.19. The van der Waals surface area contributed by atoms with Crippen LogP contribution in [0, 0.1) is 0 Å². The molecule has 7 nitrogen and oxygen atoms in total. The van der Waals surface area contributed by atoms with Crippen LogP contribution in [0.1, 0.15) is 12.0 Å². The third-order valence-electron chi connectivity index (χ3n) is 4.28. The second-order valence-electron chi connectivity index (χ2n) is 6.77. The first-order chi connectivity index (χ1) is 12.8. The predicted octanol–water partition coefficient (Wildman–Crippen LogP) is 1.92. The third-order valence-corrected chi connectivity index (χ3v) is 5.39. The van der Waals surface area contributed by atoms with Crippen molar-refractivity contribution in [2.45, 2.75) is 12.5 Å². The number of hydrogen-bond acceptors (Lipinski definition) is 6. The van der Waals surface area contributed by atoms with Crippen molar-refractivity contribution in [3.63, 3.8) is 0 Å². The lowest BCUT2D eigenvalue weighted by Gasteiger charge is -2.23. The highest BCUT2D eigenvalue weighted by Crippen LogP contribution is 2.36. The van der Waals surface area contributed by atoms with E-state index in [0.29, 0.717) is 23.0 Å². The number of carbonyl (C=O) groups excluding carboxylic acids is 3. The molecule has 2 aliphatic heterocycles. The van der Waals surface area contributed by atoms with Crippen LogP contribution in [0.3, 0.4) is 0 Å². The van der Waals surface area contributed by atoms with E-state index in [1.54, 1.807) is 12.1 Å². The van der Waals surface area contributed by atoms with Gasteiger partial charge in [-0.15, -0.1) is 0 Å². The van der Waals surface area contributed by atoms with Gasteiger partial charge in [0.25, 0.3) is 11.1 Å². The Morgan fingerprint density at radius 2 is 2.22 bits per heavy atom. The Morgan fingerprint density at radius 3 is 2.89 bits per heavy atom. The van der Waals surface area contributed by atoms with Crippen molar-refractivity contribution in [3.8, 4) is 0 Å². The maximum Gasteiger partial charge on any atom is 0.290 e.